The molecule has 0 saturated carbocycles. The van der Waals surface area contributed by atoms with Crippen molar-refractivity contribution in [3.05, 3.63) is 29.6 Å². The molecule has 0 fully saturated rings. The van der Waals surface area contributed by atoms with Crippen molar-refractivity contribution >= 4 is 6.09 Å². The van der Waals surface area contributed by atoms with E-state index in [1.54, 1.807) is 6.20 Å². The van der Waals surface area contributed by atoms with Crippen LogP contribution in [-0.4, -0.2) is 23.2 Å². The van der Waals surface area contributed by atoms with Crippen molar-refractivity contribution in [2.75, 3.05) is 6.54 Å². The molecule has 0 aromatic carbocycles. The van der Waals surface area contributed by atoms with E-state index < -0.39 is 11.7 Å². The summed E-state index contributed by atoms with van der Waals surface area (Å²) in [6, 6.07) is 3.80. The maximum Gasteiger partial charge on any atom is 0.408 e. The van der Waals surface area contributed by atoms with E-state index in [2.05, 4.69) is 22.1 Å². The molecule has 0 unspecified atom stereocenters. The Kier molecular flexibility index (Phi) is 4.73. The molecule has 1 N–H and O–H groups in total. The van der Waals surface area contributed by atoms with Gasteiger partial charge in [-0.05, 0) is 51.3 Å². The minimum Gasteiger partial charge on any atom is -0.444 e. The van der Waals surface area contributed by atoms with E-state index in [1.807, 2.05) is 39.8 Å². The fraction of sp³-hybridized carbons (Fsp3) is 0.429. The first-order valence-electron chi connectivity index (χ1n) is 5.75. The van der Waals surface area contributed by atoms with Crippen LogP contribution in [0.25, 0.3) is 0 Å². The van der Waals surface area contributed by atoms with Gasteiger partial charge >= 0.3 is 6.09 Å². The van der Waals surface area contributed by atoms with E-state index >= 15 is 0 Å². The van der Waals surface area contributed by atoms with E-state index in [4.69, 9.17) is 4.74 Å². The number of rotatable bonds is 1. The van der Waals surface area contributed by atoms with Crippen molar-refractivity contribution in [2.24, 2.45) is 0 Å². The lowest BCUT2D eigenvalue weighted by atomic mass is 10.2. The minimum atomic E-state index is -0.490. The van der Waals surface area contributed by atoms with E-state index in [-0.39, 0.29) is 6.54 Å². The first kappa shape index (κ1) is 14.0. The lowest BCUT2D eigenvalue weighted by Gasteiger charge is -2.18. The van der Waals surface area contributed by atoms with Crippen LogP contribution in [0.5, 0.6) is 0 Å². The number of hydrogen-bond acceptors (Lipinski definition) is 3. The van der Waals surface area contributed by atoms with Crippen LogP contribution in [0.3, 0.4) is 0 Å². The SMILES string of the molecule is Cc1ccnc(C#CCNC(=O)OC(C)(C)C)c1. The zero-order valence-electron chi connectivity index (χ0n) is 11.2. The van der Waals surface area contributed by atoms with Crippen molar-refractivity contribution in [2.45, 2.75) is 33.3 Å². The number of carbonyl (C=O) groups is 1. The molecule has 0 aliphatic rings. The number of amides is 1. The Morgan fingerprint density at radius 3 is 2.83 bits per heavy atom. The van der Waals surface area contributed by atoms with Gasteiger partial charge in [-0.25, -0.2) is 9.78 Å². The molecule has 96 valence electrons. The second kappa shape index (κ2) is 6.06. The number of nitrogens with one attached hydrogen (secondary N) is 1. The Hall–Kier alpha value is -2.02. The average molecular weight is 246 g/mol. The highest BCUT2D eigenvalue weighted by molar-refractivity contribution is 5.68. The largest absolute Gasteiger partial charge is 0.444 e. The summed E-state index contributed by atoms with van der Waals surface area (Å²) < 4.78 is 5.08. The van der Waals surface area contributed by atoms with Crippen LogP contribution >= 0.6 is 0 Å². The summed E-state index contributed by atoms with van der Waals surface area (Å²) in [5, 5.41) is 2.56. The van der Waals surface area contributed by atoms with Crippen LogP contribution in [0.4, 0.5) is 4.79 Å². The van der Waals surface area contributed by atoms with Crippen molar-refractivity contribution in [1.29, 1.82) is 0 Å². The third-order valence-corrected chi connectivity index (χ3v) is 1.85. The first-order chi connectivity index (χ1) is 8.37. The van der Waals surface area contributed by atoms with Gasteiger partial charge in [-0.2, -0.15) is 0 Å². The van der Waals surface area contributed by atoms with Crippen LogP contribution in [0.2, 0.25) is 0 Å². The van der Waals surface area contributed by atoms with Gasteiger partial charge in [-0.15, -0.1) is 0 Å². The Morgan fingerprint density at radius 1 is 1.50 bits per heavy atom. The molecule has 0 saturated heterocycles. The highest BCUT2D eigenvalue weighted by atomic mass is 16.6. The summed E-state index contributed by atoms with van der Waals surface area (Å²) in [6.07, 6.45) is 1.25. The van der Waals surface area contributed by atoms with Gasteiger partial charge in [0.1, 0.15) is 11.3 Å². The molecule has 0 radical (unpaired) electrons. The number of ether oxygens (including phenoxy) is 1. The number of alkyl carbamates (subject to hydrolysis) is 1. The van der Waals surface area contributed by atoms with Gasteiger partial charge in [0.15, 0.2) is 0 Å². The second-order valence-corrected chi connectivity index (χ2v) is 4.88. The lowest BCUT2D eigenvalue weighted by Crippen LogP contribution is -2.32. The molecule has 1 heterocycles. The van der Waals surface area contributed by atoms with Crippen LogP contribution in [0.15, 0.2) is 18.3 Å². The maximum absolute atomic E-state index is 11.3. The summed E-state index contributed by atoms with van der Waals surface area (Å²) >= 11 is 0. The van der Waals surface area contributed by atoms with Crippen LogP contribution in [0.1, 0.15) is 32.0 Å². The molecule has 4 nitrogen and oxygen atoms in total. The van der Waals surface area contributed by atoms with E-state index in [9.17, 15) is 4.79 Å². The minimum absolute atomic E-state index is 0.241. The smallest absolute Gasteiger partial charge is 0.408 e. The fourth-order valence-electron chi connectivity index (χ4n) is 1.17. The number of aryl methyl sites for hydroxylation is 1. The number of aromatic nitrogens is 1. The summed E-state index contributed by atoms with van der Waals surface area (Å²) in [5.74, 6) is 5.69. The zero-order chi connectivity index (χ0) is 13.6. The molecule has 0 atom stereocenters. The molecule has 0 aliphatic carbocycles. The Morgan fingerprint density at radius 2 is 2.22 bits per heavy atom. The summed E-state index contributed by atoms with van der Waals surface area (Å²) in [6.45, 7) is 7.66. The Labute approximate surface area is 108 Å². The predicted octanol–water partition coefficient (Wildman–Crippen LogP) is 2.27. The number of pyridine rings is 1. The van der Waals surface area contributed by atoms with Gasteiger partial charge < -0.3 is 10.1 Å². The lowest BCUT2D eigenvalue weighted by molar-refractivity contribution is 0.0535. The first-order valence-corrected chi connectivity index (χ1v) is 5.75. The van der Waals surface area contributed by atoms with Gasteiger partial charge in [-0.3, -0.25) is 0 Å². The third kappa shape index (κ3) is 5.90. The predicted molar refractivity (Wildman–Crippen MR) is 70.1 cm³/mol. The fourth-order valence-corrected chi connectivity index (χ4v) is 1.17. The van der Waals surface area contributed by atoms with Crippen LogP contribution in [-0.2, 0) is 4.74 Å². The maximum atomic E-state index is 11.3. The zero-order valence-corrected chi connectivity index (χ0v) is 11.2. The molecule has 1 amide bonds. The van der Waals surface area contributed by atoms with Gasteiger partial charge in [0.2, 0.25) is 0 Å². The standard InChI is InChI=1S/C14H18N2O2/c1-11-7-9-15-12(10-11)6-5-8-16-13(17)18-14(2,3)4/h7,9-10H,8H2,1-4H3,(H,16,17). The number of carbonyl (C=O) groups excluding carboxylic acids is 1. The van der Waals surface area contributed by atoms with Gasteiger partial charge in [0.25, 0.3) is 0 Å². The number of hydrogen-bond donors (Lipinski definition) is 1. The van der Waals surface area contributed by atoms with Crippen molar-refractivity contribution in [3.63, 3.8) is 0 Å². The van der Waals surface area contributed by atoms with Crippen LogP contribution < -0.4 is 5.32 Å². The quantitative estimate of drug-likeness (QED) is 0.773. The normalized spacial score (nSPS) is 10.2. The van der Waals surface area contributed by atoms with Crippen molar-refractivity contribution in [1.82, 2.24) is 10.3 Å². The van der Waals surface area contributed by atoms with E-state index in [1.165, 1.54) is 0 Å². The monoisotopic (exact) mass is 246 g/mol. The van der Waals surface area contributed by atoms with E-state index in [0.29, 0.717) is 5.69 Å². The summed E-state index contributed by atoms with van der Waals surface area (Å²) in [7, 11) is 0. The molecular weight excluding hydrogens is 228 g/mol. The molecule has 18 heavy (non-hydrogen) atoms. The highest BCUT2D eigenvalue weighted by Crippen LogP contribution is 2.05. The summed E-state index contributed by atoms with van der Waals surface area (Å²) in [5.41, 5.74) is 1.31. The molecule has 0 spiro atoms. The molecule has 0 aliphatic heterocycles. The third-order valence-electron chi connectivity index (χ3n) is 1.85. The van der Waals surface area contributed by atoms with Gasteiger partial charge in [0, 0.05) is 6.20 Å². The van der Waals surface area contributed by atoms with Crippen molar-refractivity contribution in [3.8, 4) is 11.8 Å². The molecule has 1 aromatic rings. The Balaban J connectivity index is 2.41. The molecular formula is C14H18N2O2. The van der Waals surface area contributed by atoms with E-state index in [0.717, 1.165) is 5.56 Å². The summed E-state index contributed by atoms with van der Waals surface area (Å²) in [4.78, 5) is 15.4. The average Bonchev–Trinajstić information content (AvgIpc) is 2.22. The second-order valence-electron chi connectivity index (χ2n) is 4.88. The van der Waals surface area contributed by atoms with Crippen molar-refractivity contribution < 1.29 is 9.53 Å². The molecule has 1 aromatic heterocycles. The molecule has 1 rings (SSSR count). The topological polar surface area (TPSA) is 51.2 Å². The molecule has 4 heteroatoms. The van der Waals surface area contributed by atoms with Gasteiger partial charge in [0.05, 0.1) is 6.54 Å². The van der Waals surface area contributed by atoms with Crippen LogP contribution in [0, 0.1) is 18.8 Å². The Bertz CT molecular complexity index is 479. The highest BCUT2D eigenvalue weighted by Gasteiger charge is 2.14. The van der Waals surface area contributed by atoms with Gasteiger partial charge in [-0.1, -0.05) is 5.92 Å². The molecule has 0 bridgehead atoms. The number of nitrogens with zero attached hydrogens (tertiary/aromatic N) is 1.